The van der Waals surface area contributed by atoms with Crippen LogP contribution in [0, 0.1) is 5.82 Å². The van der Waals surface area contributed by atoms with Crippen molar-refractivity contribution in [3.05, 3.63) is 28.5 Å². The Balaban J connectivity index is 3.20. The second-order valence-corrected chi connectivity index (χ2v) is 3.21. The first-order chi connectivity index (χ1) is 6.60. The highest BCUT2D eigenvalue weighted by Gasteiger charge is 2.15. The van der Waals surface area contributed by atoms with Gasteiger partial charge in [-0.05, 0) is 6.07 Å². The Hall–Kier alpha value is -0.840. The maximum atomic E-state index is 13.4. The van der Waals surface area contributed by atoms with Gasteiger partial charge in [0.05, 0.1) is 24.8 Å². The van der Waals surface area contributed by atoms with Crippen LogP contribution in [0.4, 0.5) is 4.39 Å². The van der Waals surface area contributed by atoms with Crippen molar-refractivity contribution in [1.29, 1.82) is 0 Å². The van der Waals surface area contributed by atoms with E-state index in [1.54, 1.807) is 0 Å². The molecule has 0 aliphatic heterocycles. The standard InChI is InChI=1S/C9H11ClFNO2/c1-14-5-2-6(8(12)4-13)9(11)7(10)3-5/h2-3,8,13H,4,12H2,1H3. The number of hydrogen-bond acceptors (Lipinski definition) is 3. The van der Waals surface area contributed by atoms with Gasteiger partial charge in [0, 0.05) is 11.6 Å². The number of rotatable bonds is 3. The van der Waals surface area contributed by atoms with E-state index in [1.165, 1.54) is 19.2 Å². The molecule has 1 atom stereocenters. The second-order valence-electron chi connectivity index (χ2n) is 2.80. The lowest BCUT2D eigenvalue weighted by atomic mass is 10.1. The summed E-state index contributed by atoms with van der Waals surface area (Å²) in [5, 5.41) is 8.73. The lowest BCUT2D eigenvalue weighted by Crippen LogP contribution is -2.16. The molecule has 0 aliphatic carbocycles. The first kappa shape index (κ1) is 11.2. The molecule has 0 amide bonds. The Morgan fingerprint density at radius 3 is 2.79 bits per heavy atom. The fraction of sp³-hybridized carbons (Fsp3) is 0.333. The molecule has 0 spiro atoms. The molecule has 3 N–H and O–H groups in total. The molecule has 1 rings (SSSR count). The SMILES string of the molecule is COc1cc(Cl)c(F)c(C(N)CO)c1. The summed E-state index contributed by atoms with van der Waals surface area (Å²) in [7, 11) is 1.44. The topological polar surface area (TPSA) is 55.5 Å². The summed E-state index contributed by atoms with van der Waals surface area (Å²) in [5.41, 5.74) is 5.63. The number of aliphatic hydroxyl groups excluding tert-OH is 1. The van der Waals surface area contributed by atoms with Crippen LogP contribution in [-0.2, 0) is 0 Å². The highest BCUT2D eigenvalue weighted by molar-refractivity contribution is 6.31. The Kier molecular flexibility index (Phi) is 3.69. The van der Waals surface area contributed by atoms with Crippen LogP contribution in [0.5, 0.6) is 5.75 Å². The molecule has 0 aromatic heterocycles. The van der Waals surface area contributed by atoms with Crippen molar-refractivity contribution >= 4 is 11.6 Å². The molecule has 0 saturated heterocycles. The molecule has 0 saturated carbocycles. The smallest absolute Gasteiger partial charge is 0.146 e. The third-order valence-corrected chi connectivity index (χ3v) is 2.14. The first-order valence-corrected chi connectivity index (χ1v) is 4.37. The Labute approximate surface area is 86.2 Å². The zero-order valence-corrected chi connectivity index (χ0v) is 8.38. The number of halogens is 2. The lowest BCUT2D eigenvalue weighted by Gasteiger charge is -2.12. The van der Waals surface area contributed by atoms with E-state index >= 15 is 0 Å². The van der Waals surface area contributed by atoms with Gasteiger partial charge in [0.1, 0.15) is 11.6 Å². The molecule has 14 heavy (non-hydrogen) atoms. The normalized spacial score (nSPS) is 12.6. The molecule has 5 heteroatoms. The van der Waals surface area contributed by atoms with Crippen molar-refractivity contribution in [2.75, 3.05) is 13.7 Å². The third-order valence-electron chi connectivity index (χ3n) is 1.86. The van der Waals surface area contributed by atoms with Gasteiger partial charge in [0.15, 0.2) is 0 Å². The summed E-state index contributed by atoms with van der Waals surface area (Å²) in [6.45, 7) is -0.347. The summed E-state index contributed by atoms with van der Waals surface area (Å²) in [4.78, 5) is 0. The van der Waals surface area contributed by atoms with Crippen LogP contribution >= 0.6 is 11.6 Å². The molecule has 1 aromatic rings. The van der Waals surface area contributed by atoms with Crippen molar-refractivity contribution in [1.82, 2.24) is 0 Å². The molecule has 0 aliphatic rings. The van der Waals surface area contributed by atoms with Gasteiger partial charge in [-0.1, -0.05) is 11.6 Å². The molecular formula is C9H11ClFNO2. The van der Waals surface area contributed by atoms with Crippen molar-refractivity contribution in [2.24, 2.45) is 5.73 Å². The van der Waals surface area contributed by atoms with Crippen LogP contribution in [0.15, 0.2) is 12.1 Å². The minimum absolute atomic E-state index is 0.0664. The summed E-state index contributed by atoms with van der Waals surface area (Å²) in [6, 6.07) is 1.98. The van der Waals surface area contributed by atoms with Crippen LogP contribution < -0.4 is 10.5 Å². The monoisotopic (exact) mass is 219 g/mol. The second kappa shape index (κ2) is 4.59. The van der Waals surface area contributed by atoms with Crippen LogP contribution in [0.25, 0.3) is 0 Å². The van der Waals surface area contributed by atoms with E-state index in [0.717, 1.165) is 0 Å². The summed E-state index contributed by atoms with van der Waals surface area (Å²) in [6.07, 6.45) is 0. The van der Waals surface area contributed by atoms with E-state index < -0.39 is 11.9 Å². The van der Waals surface area contributed by atoms with Crippen LogP contribution in [0.1, 0.15) is 11.6 Å². The highest BCUT2D eigenvalue weighted by Crippen LogP contribution is 2.28. The van der Waals surface area contributed by atoms with Gasteiger partial charge in [0.25, 0.3) is 0 Å². The van der Waals surface area contributed by atoms with Gasteiger partial charge < -0.3 is 15.6 Å². The molecule has 0 heterocycles. The Bertz CT molecular complexity index is 333. The predicted molar refractivity (Wildman–Crippen MR) is 52.0 cm³/mol. The molecule has 1 unspecified atom stereocenters. The Morgan fingerprint density at radius 2 is 2.29 bits per heavy atom. The van der Waals surface area contributed by atoms with Crippen LogP contribution in [0.2, 0.25) is 5.02 Å². The maximum Gasteiger partial charge on any atom is 0.146 e. The first-order valence-electron chi connectivity index (χ1n) is 3.99. The molecule has 1 aromatic carbocycles. The maximum absolute atomic E-state index is 13.4. The van der Waals surface area contributed by atoms with Gasteiger partial charge in [-0.15, -0.1) is 0 Å². The number of aliphatic hydroxyl groups is 1. The molecule has 78 valence electrons. The zero-order valence-electron chi connectivity index (χ0n) is 7.63. The number of hydrogen-bond donors (Lipinski definition) is 2. The van der Waals surface area contributed by atoms with Crippen molar-refractivity contribution in [3.63, 3.8) is 0 Å². The van der Waals surface area contributed by atoms with E-state index in [2.05, 4.69) is 0 Å². The molecule has 0 bridgehead atoms. The van der Waals surface area contributed by atoms with Gasteiger partial charge >= 0.3 is 0 Å². The third kappa shape index (κ3) is 2.15. The van der Waals surface area contributed by atoms with E-state index in [0.29, 0.717) is 5.75 Å². The number of methoxy groups -OCH3 is 1. The molecule has 0 fully saturated rings. The number of benzene rings is 1. The fourth-order valence-electron chi connectivity index (χ4n) is 1.07. The summed E-state index contributed by atoms with van der Waals surface area (Å²) >= 11 is 5.61. The van der Waals surface area contributed by atoms with Crippen molar-refractivity contribution in [2.45, 2.75) is 6.04 Å². The summed E-state index contributed by atoms with van der Waals surface area (Å²) < 4.78 is 18.3. The van der Waals surface area contributed by atoms with Gasteiger partial charge in [-0.2, -0.15) is 0 Å². The van der Waals surface area contributed by atoms with Crippen LogP contribution in [-0.4, -0.2) is 18.8 Å². The van der Waals surface area contributed by atoms with Gasteiger partial charge in [-0.3, -0.25) is 0 Å². The van der Waals surface area contributed by atoms with Crippen molar-refractivity contribution < 1.29 is 14.2 Å². The lowest BCUT2D eigenvalue weighted by molar-refractivity contribution is 0.265. The van der Waals surface area contributed by atoms with Crippen molar-refractivity contribution in [3.8, 4) is 5.75 Å². The average molecular weight is 220 g/mol. The van der Waals surface area contributed by atoms with Gasteiger partial charge in [0.2, 0.25) is 0 Å². The van der Waals surface area contributed by atoms with E-state index in [1.807, 2.05) is 0 Å². The van der Waals surface area contributed by atoms with Gasteiger partial charge in [-0.25, -0.2) is 4.39 Å². The highest BCUT2D eigenvalue weighted by atomic mass is 35.5. The predicted octanol–water partition coefficient (Wildman–Crippen LogP) is 1.48. The molecular weight excluding hydrogens is 209 g/mol. The molecule has 0 radical (unpaired) electrons. The minimum Gasteiger partial charge on any atom is -0.497 e. The minimum atomic E-state index is -0.789. The van der Waals surface area contributed by atoms with E-state index in [9.17, 15) is 4.39 Å². The largest absolute Gasteiger partial charge is 0.497 e. The van der Waals surface area contributed by atoms with E-state index in [4.69, 9.17) is 27.2 Å². The average Bonchev–Trinajstić information content (AvgIpc) is 2.20. The zero-order chi connectivity index (χ0) is 10.7. The number of ether oxygens (including phenoxy) is 1. The number of nitrogens with two attached hydrogens (primary N) is 1. The van der Waals surface area contributed by atoms with E-state index in [-0.39, 0.29) is 17.2 Å². The molecule has 3 nitrogen and oxygen atoms in total. The quantitative estimate of drug-likeness (QED) is 0.810. The Morgan fingerprint density at radius 1 is 1.64 bits per heavy atom. The fourth-order valence-corrected chi connectivity index (χ4v) is 1.29. The summed E-state index contributed by atoms with van der Waals surface area (Å²) in [5.74, 6) is -0.204. The van der Waals surface area contributed by atoms with Crippen LogP contribution in [0.3, 0.4) is 0 Å².